The maximum absolute atomic E-state index is 10.3. The molecule has 0 amide bonds. The monoisotopic (exact) mass is 197 g/mol. The minimum absolute atomic E-state index is 0.246. The molecule has 0 saturated heterocycles. The first-order valence-corrected chi connectivity index (χ1v) is 5.55. The lowest BCUT2D eigenvalue weighted by atomic mass is 9.99. The van der Waals surface area contributed by atoms with E-state index in [4.69, 9.17) is 0 Å². The van der Waals surface area contributed by atoms with Crippen molar-refractivity contribution in [3.8, 4) is 0 Å². The van der Waals surface area contributed by atoms with Crippen LogP contribution in [-0.2, 0) is 11.1 Å². The number of benzene rings is 1. The summed E-state index contributed by atoms with van der Waals surface area (Å²) in [4.78, 5) is 0. The van der Waals surface area contributed by atoms with Crippen LogP contribution < -0.4 is 0 Å². The molecule has 3 heteroatoms. The second-order valence-electron chi connectivity index (χ2n) is 3.11. The Morgan fingerprint density at radius 2 is 2.00 bits per heavy atom. The fourth-order valence-corrected chi connectivity index (χ4v) is 1.77. The summed E-state index contributed by atoms with van der Waals surface area (Å²) >= 11 is -1.91. The van der Waals surface area contributed by atoms with E-state index in [1.807, 2.05) is 37.3 Å². The van der Waals surface area contributed by atoms with Gasteiger partial charge in [-0.05, 0) is 17.9 Å². The van der Waals surface area contributed by atoms with E-state index in [2.05, 4.69) is 0 Å². The third kappa shape index (κ3) is 3.70. The fourth-order valence-electron chi connectivity index (χ4n) is 1.22. The SMILES string of the molecule is CC(CCS(=O)[O-])c1ccccc1. The zero-order valence-corrected chi connectivity index (χ0v) is 8.42. The molecule has 0 aliphatic carbocycles. The molecule has 1 aromatic rings. The van der Waals surface area contributed by atoms with Crippen molar-refractivity contribution in [3.05, 3.63) is 35.9 Å². The zero-order chi connectivity index (χ0) is 9.68. The molecule has 0 aliphatic rings. The van der Waals surface area contributed by atoms with Gasteiger partial charge in [0.05, 0.1) is 0 Å². The van der Waals surface area contributed by atoms with Gasteiger partial charge in [0.25, 0.3) is 0 Å². The highest BCUT2D eigenvalue weighted by molar-refractivity contribution is 7.79. The van der Waals surface area contributed by atoms with Gasteiger partial charge in [-0.3, -0.25) is 4.21 Å². The molecule has 2 nitrogen and oxygen atoms in total. The molecule has 13 heavy (non-hydrogen) atoms. The van der Waals surface area contributed by atoms with E-state index in [-0.39, 0.29) is 5.75 Å². The van der Waals surface area contributed by atoms with E-state index < -0.39 is 11.1 Å². The highest BCUT2D eigenvalue weighted by Crippen LogP contribution is 2.18. The molecule has 1 aromatic carbocycles. The third-order valence-electron chi connectivity index (χ3n) is 2.09. The summed E-state index contributed by atoms with van der Waals surface area (Å²) in [7, 11) is 0. The molecule has 0 spiro atoms. The van der Waals surface area contributed by atoms with E-state index in [1.54, 1.807) is 0 Å². The van der Waals surface area contributed by atoms with E-state index >= 15 is 0 Å². The lowest BCUT2D eigenvalue weighted by Gasteiger charge is -2.12. The minimum Gasteiger partial charge on any atom is -0.772 e. The Bertz CT molecular complexity index is 272. The molecule has 0 aliphatic heterocycles. The summed E-state index contributed by atoms with van der Waals surface area (Å²) in [6, 6.07) is 9.96. The molecule has 0 N–H and O–H groups in total. The summed E-state index contributed by atoms with van der Waals surface area (Å²) in [6.45, 7) is 2.04. The van der Waals surface area contributed by atoms with Crippen molar-refractivity contribution in [2.45, 2.75) is 19.3 Å². The standard InChI is InChI=1S/C10H14O2S/c1-9(7-8-13(11)12)10-5-3-2-4-6-10/h2-6,9H,7-8H2,1H3,(H,11,12)/p-1. The molecule has 2 atom stereocenters. The molecule has 0 radical (unpaired) electrons. The first-order chi connectivity index (χ1) is 6.20. The van der Waals surface area contributed by atoms with Gasteiger partial charge in [-0.2, -0.15) is 0 Å². The van der Waals surface area contributed by atoms with Crippen LogP contribution in [0.5, 0.6) is 0 Å². The van der Waals surface area contributed by atoms with Gasteiger partial charge in [-0.15, -0.1) is 0 Å². The van der Waals surface area contributed by atoms with Crippen LogP contribution in [0.2, 0.25) is 0 Å². The lowest BCUT2D eigenvalue weighted by Crippen LogP contribution is -2.01. The van der Waals surface area contributed by atoms with Crippen molar-refractivity contribution >= 4 is 11.1 Å². The summed E-state index contributed by atoms with van der Waals surface area (Å²) in [5.74, 6) is 0.565. The molecular formula is C10H13O2S-. The molecule has 0 bridgehead atoms. The van der Waals surface area contributed by atoms with Crippen molar-refractivity contribution in [2.75, 3.05) is 5.75 Å². The Kier molecular flexibility index (Phi) is 4.12. The highest BCUT2D eigenvalue weighted by Gasteiger charge is 2.03. The topological polar surface area (TPSA) is 40.1 Å². The molecule has 2 unspecified atom stereocenters. The van der Waals surface area contributed by atoms with Crippen molar-refractivity contribution < 1.29 is 8.76 Å². The largest absolute Gasteiger partial charge is 0.772 e. The van der Waals surface area contributed by atoms with Gasteiger partial charge in [0.2, 0.25) is 0 Å². The van der Waals surface area contributed by atoms with Crippen LogP contribution >= 0.6 is 0 Å². The minimum atomic E-state index is -1.91. The van der Waals surface area contributed by atoms with E-state index in [1.165, 1.54) is 5.56 Å². The van der Waals surface area contributed by atoms with Crippen molar-refractivity contribution in [1.82, 2.24) is 0 Å². The first-order valence-electron chi connectivity index (χ1n) is 4.31. The average molecular weight is 197 g/mol. The van der Waals surface area contributed by atoms with Crippen molar-refractivity contribution in [3.63, 3.8) is 0 Å². The zero-order valence-electron chi connectivity index (χ0n) is 7.60. The molecule has 72 valence electrons. The molecule has 0 fully saturated rings. The van der Waals surface area contributed by atoms with E-state index in [0.717, 1.165) is 0 Å². The maximum atomic E-state index is 10.3. The number of rotatable bonds is 4. The number of hydrogen-bond acceptors (Lipinski definition) is 2. The van der Waals surface area contributed by atoms with Gasteiger partial charge in [0.15, 0.2) is 0 Å². The second-order valence-corrected chi connectivity index (χ2v) is 4.12. The Hall–Kier alpha value is -0.670. The summed E-state index contributed by atoms with van der Waals surface area (Å²) in [5, 5.41) is 0. The Morgan fingerprint density at radius 1 is 1.38 bits per heavy atom. The van der Waals surface area contributed by atoms with Crippen LogP contribution in [0.15, 0.2) is 30.3 Å². The smallest absolute Gasteiger partial charge is 0.0107 e. The third-order valence-corrected chi connectivity index (χ3v) is 2.66. The van der Waals surface area contributed by atoms with Crippen LogP contribution in [0.25, 0.3) is 0 Å². The van der Waals surface area contributed by atoms with Gasteiger partial charge in [-0.25, -0.2) is 0 Å². The van der Waals surface area contributed by atoms with Crippen LogP contribution in [0.3, 0.4) is 0 Å². The molecule has 1 rings (SSSR count). The molecular weight excluding hydrogens is 184 g/mol. The van der Waals surface area contributed by atoms with E-state index in [9.17, 15) is 8.76 Å². The Morgan fingerprint density at radius 3 is 2.54 bits per heavy atom. The van der Waals surface area contributed by atoms with Crippen LogP contribution in [-0.4, -0.2) is 14.5 Å². The Balaban J connectivity index is 2.49. The lowest BCUT2D eigenvalue weighted by molar-refractivity contribution is 0.531. The van der Waals surface area contributed by atoms with Crippen LogP contribution in [0, 0.1) is 0 Å². The quantitative estimate of drug-likeness (QED) is 0.693. The maximum Gasteiger partial charge on any atom is 0.0107 e. The van der Waals surface area contributed by atoms with Gasteiger partial charge in [0.1, 0.15) is 0 Å². The van der Waals surface area contributed by atoms with Gasteiger partial charge >= 0.3 is 0 Å². The Labute approximate surface area is 81.3 Å². The predicted octanol–water partition coefficient (Wildman–Crippen LogP) is 2.06. The average Bonchev–Trinajstić information content (AvgIpc) is 2.15. The van der Waals surface area contributed by atoms with E-state index in [0.29, 0.717) is 12.3 Å². The normalized spacial score (nSPS) is 15.2. The predicted molar refractivity (Wildman–Crippen MR) is 53.3 cm³/mol. The van der Waals surface area contributed by atoms with Crippen molar-refractivity contribution in [1.29, 1.82) is 0 Å². The summed E-state index contributed by atoms with van der Waals surface area (Å²) in [5.41, 5.74) is 1.20. The molecule has 0 aromatic heterocycles. The molecule has 0 heterocycles. The van der Waals surface area contributed by atoms with Crippen LogP contribution in [0.1, 0.15) is 24.8 Å². The van der Waals surface area contributed by atoms with Gasteiger partial charge < -0.3 is 4.55 Å². The first kappa shape index (κ1) is 10.4. The molecule has 0 saturated carbocycles. The summed E-state index contributed by atoms with van der Waals surface area (Å²) in [6.07, 6.45) is 0.695. The van der Waals surface area contributed by atoms with Gasteiger partial charge in [0, 0.05) is 5.75 Å². The van der Waals surface area contributed by atoms with Crippen molar-refractivity contribution in [2.24, 2.45) is 0 Å². The summed E-state index contributed by atoms with van der Waals surface area (Å²) < 4.78 is 20.7. The fraction of sp³-hybridized carbons (Fsp3) is 0.400. The van der Waals surface area contributed by atoms with Gasteiger partial charge in [-0.1, -0.05) is 48.3 Å². The number of hydrogen-bond donors (Lipinski definition) is 0. The second kappa shape index (κ2) is 5.14. The highest BCUT2D eigenvalue weighted by atomic mass is 32.2. The van der Waals surface area contributed by atoms with Crippen LogP contribution in [0.4, 0.5) is 0 Å².